The van der Waals surface area contributed by atoms with E-state index in [0.717, 1.165) is 18.4 Å². The number of nitriles is 1. The van der Waals surface area contributed by atoms with Crippen molar-refractivity contribution < 1.29 is 21.6 Å². The maximum Gasteiger partial charge on any atom is 0.417 e. The molecule has 1 aromatic rings. The molecule has 5 nitrogen and oxygen atoms in total. The van der Waals surface area contributed by atoms with E-state index < -0.39 is 27.3 Å². The summed E-state index contributed by atoms with van der Waals surface area (Å²) in [6, 6.07) is 4.69. The van der Waals surface area contributed by atoms with Gasteiger partial charge in [-0.2, -0.15) is 18.4 Å². The van der Waals surface area contributed by atoms with Crippen LogP contribution in [-0.2, 0) is 16.2 Å². The smallest absolute Gasteiger partial charge is 0.384 e. The number of nitrogens with one attached hydrogen (secondary N) is 2. The van der Waals surface area contributed by atoms with E-state index in [-0.39, 0.29) is 18.8 Å². The molecule has 0 aliphatic heterocycles. The zero-order valence-electron chi connectivity index (χ0n) is 10.5. The first-order valence-electron chi connectivity index (χ1n) is 5.43. The van der Waals surface area contributed by atoms with Crippen molar-refractivity contribution in [1.82, 2.24) is 4.72 Å². The minimum Gasteiger partial charge on any atom is -0.384 e. The summed E-state index contributed by atoms with van der Waals surface area (Å²) in [6.07, 6.45) is -3.63. The van der Waals surface area contributed by atoms with E-state index in [9.17, 15) is 21.6 Å². The first-order chi connectivity index (χ1) is 9.13. The largest absolute Gasteiger partial charge is 0.417 e. The molecule has 0 aliphatic rings. The minimum atomic E-state index is -4.62. The molecule has 1 aromatic carbocycles. The van der Waals surface area contributed by atoms with Gasteiger partial charge < -0.3 is 5.32 Å². The van der Waals surface area contributed by atoms with E-state index in [1.807, 2.05) is 0 Å². The molecule has 0 saturated heterocycles. The Morgan fingerprint density at radius 1 is 1.30 bits per heavy atom. The molecule has 2 N–H and O–H groups in total. The summed E-state index contributed by atoms with van der Waals surface area (Å²) in [6.45, 7) is 0.163. The molecule has 0 amide bonds. The normalized spacial score (nSPS) is 11.9. The molecule has 0 radical (unpaired) electrons. The van der Waals surface area contributed by atoms with Gasteiger partial charge in [0.15, 0.2) is 0 Å². The lowest BCUT2D eigenvalue weighted by Gasteiger charge is -2.12. The lowest BCUT2D eigenvalue weighted by molar-refractivity contribution is -0.137. The fraction of sp³-hybridized carbons (Fsp3) is 0.364. The summed E-state index contributed by atoms with van der Waals surface area (Å²) in [5.74, 6) is 0. The average molecular weight is 307 g/mol. The summed E-state index contributed by atoms with van der Waals surface area (Å²) in [4.78, 5) is 0. The molecule has 0 spiro atoms. The molecular weight excluding hydrogens is 295 g/mol. The topological polar surface area (TPSA) is 82.0 Å². The Bertz CT molecular complexity index is 621. The molecule has 0 unspecified atom stereocenters. The SMILES string of the molecule is CS(=O)(=O)NCCNc1ccc(C#N)c(C(F)(F)F)c1. The van der Waals surface area contributed by atoms with Crippen molar-refractivity contribution in [3.05, 3.63) is 29.3 Å². The molecule has 0 aliphatic carbocycles. The fourth-order valence-electron chi connectivity index (χ4n) is 1.43. The number of anilines is 1. The molecule has 110 valence electrons. The molecule has 0 heterocycles. The molecule has 0 fully saturated rings. The average Bonchev–Trinajstić information content (AvgIpc) is 2.32. The van der Waals surface area contributed by atoms with Crippen LogP contribution in [0.15, 0.2) is 18.2 Å². The van der Waals surface area contributed by atoms with Gasteiger partial charge >= 0.3 is 6.18 Å². The molecule has 0 aromatic heterocycles. The Kier molecular flexibility index (Phi) is 4.97. The first-order valence-corrected chi connectivity index (χ1v) is 7.32. The number of sulfonamides is 1. The van der Waals surface area contributed by atoms with E-state index in [1.54, 1.807) is 0 Å². The summed E-state index contributed by atoms with van der Waals surface area (Å²) >= 11 is 0. The number of rotatable bonds is 5. The number of halogens is 3. The number of hydrogen-bond acceptors (Lipinski definition) is 4. The minimum absolute atomic E-state index is 0.0419. The van der Waals surface area contributed by atoms with Crippen LogP contribution in [0.1, 0.15) is 11.1 Å². The summed E-state index contributed by atoms with van der Waals surface area (Å²) in [5.41, 5.74) is -1.33. The zero-order chi connectivity index (χ0) is 15.4. The van der Waals surface area contributed by atoms with Gasteiger partial charge in [0, 0.05) is 18.8 Å². The van der Waals surface area contributed by atoms with Crippen molar-refractivity contribution in [1.29, 1.82) is 5.26 Å². The van der Waals surface area contributed by atoms with Crippen LogP contribution < -0.4 is 10.0 Å². The third kappa shape index (κ3) is 5.07. The van der Waals surface area contributed by atoms with Crippen LogP contribution in [0.2, 0.25) is 0 Å². The zero-order valence-corrected chi connectivity index (χ0v) is 11.3. The number of alkyl halides is 3. The van der Waals surface area contributed by atoms with E-state index in [1.165, 1.54) is 12.1 Å². The van der Waals surface area contributed by atoms with Gasteiger partial charge in [-0.05, 0) is 18.2 Å². The van der Waals surface area contributed by atoms with E-state index in [4.69, 9.17) is 5.26 Å². The van der Waals surface area contributed by atoms with Crippen LogP contribution in [0.4, 0.5) is 18.9 Å². The highest BCUT2D eigenvalue weighted by molar-refractivity contribution is 7.88. The Balaban J connectivity index is 2.76. The molecule has 0 atom stereocenters. The quantitative estimate of drug-likeness (QED) is 0.808. The maximum absolute atomic E-state index is 12.7. The van der Waals surface area contributed by atoms with Gasteiger partial charge in [-0.25, -0.2) is 13.1 Å². The second-order valence-electron chi connectivity index (χ2n) is 3.96. The van der Waals surface area contributed by atoms with Crippen LogP contribution in [0, 0.1) is 11.3 Å². The number of benzene rings is 1. The van der Waals surface area contributed by atoms with Crippen molar-refractivity contribution in [2.24, 2.45) is 0 Å². The second-order valence-corrected chi connectivity index (χ2v) is 5.80. The van der Waals surface area contributed by atoms with Crippen molar-refractivity contribution in [3.8, 4) is 6.07 Å². The maximum atomic E-state index is 12.7. The lowest BCUT2D eigenvalue weighted by atomic mass is 10.1. The van der Waals surface area contributed by atoms with Gasteiger partial charge in [0.2, 0.25) is 10.0 Å². The van der Waals surface area contributed by atoms with Crippen molar-refractivity contribution in [2.45, 2.75) is 6.18 Å². The lowest BCUT2D eigenvalue weighted by Crippen LogP contribution is -2.27. The molecule has 9 heteroatoms. The van der Waals surface area contributed by atoms with Gasteiger partial charge in [0.1, 0.15) is 0 Å². The highest BCUT2D eigenvalue weighted by Gasteiger charge is 2.33. The third-order valence-electron chi connectivity index (χ3n) is 2.26. The van der Waals surface area contributed by atoms with E-state index in [0.29, 0.717) is 0 Å². The number of nitrogens with zero attached hydrogens (tertiary/aromatic N) is 1. The predicted molar refractivity (Wildman–Crippen MR) is 67.5 cm³/mol. The predicted octanol–water partition coefficient (Wildman–Crippen LogP) is 1.54. The monoisotopic (exact) mass is 307 g/mol. The Morgan fingerprint density at radius 2 is 1.95 bits per heavy atom. The number of hydrogen-bond donors (Lipinski definition) is 2. The van der Waals surface area contributed by atoms with Crippen LogP contribution in [0.5, 0.6) is 0 Å². The summed E-state index contributed by atoms with van der Waals surface area (Å²) < 4.78 is 61.8. The van der Waals surface area contributed by atoms with Crippen molar-refractivity contribution >= 4 is 15.7 Å². The molecule has 1 rings (SSSR count). The van der Waals surface area contributed by atoms with Crippen molar-refractivity contribution in [2.75, 3.05) is 24.7 Å². The molecule has 20 heavy (non-hydrogen) atoms. The van der Waals surface area contributed by atoms with Crippen LogP contribution >= 0.6 is 0 Å². The molecule has 0 saturated carbocycles. The highest BCUT2D eigenvalue weighted by atomic mass is 32.2. The summed E-state index contributed by atoms with van der Waals surface area (Å²) in [5, 5.41) is 11.3. The van der Waals surface area contributed by atoms with E-state index >= 15 is 0 Å². The van der Waals surface area contributed by atoms with E-state index in [2.05, 4.69) is 10.0 Å². The van der Waals surface area contributed by atoms with Crippen molar-refractivity contribution in [3.63, 3.8) is 0 Å². The Labute approximate surface area is 114 Å². The second kappa shape index (κ2) is 6.11. The van der Waals surface area contributed by atoms with Crippen LogP contribution in [0.25, 0.3) is 0 Å². The Morgan fingerprint density at radius 3 is 2.45 bits per heavy atom. The van der Waals surface area contributed by atoms with Crippen LogP contribution in [0.3, 0.4) is 0 Å². The molecule has 0 bridgehead atoms. The van der Waals surface area contributed by atoms with Gasteiger partial charge in [0.25, 0.3) is 0 Å². The third-order valence-corrected chi connectivity index (χ3v) is 2.99. The van der Waals surface area contributed by atoms with Crippen LogP contribution in [-0.4, -0.2) is 27.8 Å². The Hall–Kier alpha value is -1.79. The highest BCUT2D eigenvalue weighted by Crippen LogP contribution is 2.33. The molecular formula is C11H12F3N3O2S. The van der Waals surface area contributed by atoms with Gasteiger partial charge in [-0.1, -0.05) is 0 Å². The fourth-order valence-corrected chi connectivity index (χ4v) is 1.90. The van der Waals surface area contributed by atoms with Gasteiger partial charge in [0.05, 0.1) is 23.5 Å². The summed E-state index contributed by atoms with van der Waals surface area (Å²) in [7, 11) is -3.33. The van der Waals surface area contributed by atoms with Gasteiger partial charge in [-0.3, -0.25) is 0 Å². The standard InChI is InChI=1S/C11H12F3N3O2S/c1-20(18,19)17-5-4-16-9-3-2-8(7-15)10(6-9)11(12,13)14/h2-3,6,16-17H,4-5H2,1H3. The first kappa shape index (κ1) is 16.3. The van der Waals surface area contributed by atoms with Gasteiger partial charge in [-0.15, -0.1) is 0 Å².